The minimum atomic E-state index is -4.77. The maximum atomic E-state index is 12.4. The fraction of sp³-hybridized carbons (Fsp3) is 0.818. The van der Waals surface area contributed by atoms with E-state index in [-0.39, 0.29) is 12.5 Å². The molecule has 3 heterocycles. The average molecular weight is 366 g/mol. The normalized spacial score (nSPS) is 29.0. The molecule has 3 rings (SSSR count). The Kier molecular flexibility index (Phi) is 4.69. The van der Waals surface area contributed by atoms with Gasteiger partial charge in [0.15, 0.2) is 0 Å². The minimum absolute atomic E-state index is 0.197. The van der Waals surface area contributed by atoms with Crippen molar-refractivity contribution in [3.05, 3.63) is 0 Å². The van der Waals surface area contributed by atoms with Crippen LogP contribution in [0.3, 0.4) is 0 Å². The van der Waals surface area contributed by atoms with E-state index in [0.717, 1.165) is 24.6 Å². The number of hydrazine groups is 1. The number of amides is 3. The molecule has 130 valence electrons. The van der Waals surface area contributed by atoms with E-state index in [1.165, 1.54) is 4.90 Å². The number of hydrogen-bond donors (Lipinski definition) is 2. The maximum Gasteiger partial charge on any atom is 0.418 e. The van der Waals surface area contributed by atoms with E-state index in [0.29, 0.717) is 17.9 Å². The number of thioether (sulfide) groups is 1. The van der Waals surface area contributed by atoms with Gasteiger partial charge in [0.2, 0.25) is 0 Å². The Labute approximate surface area is 138 Å². The zero-order valence-corrected chi connectivity index (χ0v) is 13.9. The zero-order chi connectivity index (χ0) is 16.6. The molecule has 0 aliphatic carbocycles. The molecule has 0 unspecified atom stereocenters. The molecule has 3 amide bonds. The summed E-state index contributed by atoms with van der Waals surface area (Å²) in [6, 6.07) is -1.87. The third-order valence-corrected chi connectivity index (χ3v) is 5.37. The highest BCUT2D eigenvalue weighted by atomic mass is 32.3. The van der Waals surface area contributed by atoms with Gasteiger partial charge in [0, 0.05) is 31.1 Å². The summed E-state index contributed by atoms with van der Waals surface area (Å²) in [7, 11) is -4.77. The molecule has 3 saturated heterocycles. The Morgan fingerprint density at radius 3 is 2.65 bits per heavy atom. The molecule has 0 aromatic heterocycles. The second-order valence-corrected chi connectivity index (χ2v) is 7.81. The van der Waals surface area contributed by atoms with E-state index in [4.69, 9.17) is 4.55 Å². The lowest BCUT2D eigenvalue weighted by atomic mass is 10.0. The van der Waals surface area contributed by atoms with Crippen molar-refractivity contribution >= 4 is 34.1 Å². The number of nitrogens with zero attached hydrogens (tertiary/aromatic N) is 3. The van der Waals surface area contributed by atoms with Crippen LogP contribution in [0.5, 0.6) is 0 Å². The van der Waals surface area contributed by atoms with Crippen molar-refractivity contribution in [3.8, 4) is 0 Å². The molecule has 2 atom stereocenters. The number of hydroxylamine groups is 2. The largest absolute Gasteiger partial charge is 0.418 e. The van der Waals surface area contributed by atoms with Gasteiger partial charge in [0.25, 0.3) is 5.91 Å². The van der Waals surface area contributed by atoms with Crippen molar-refractivity contribution < 1.29 is 26.8 Å². The van der Waals surface area contributed by atoms with Crippen LogP contribution in [0.1, 0.15) is 12.8 Å². The predicted octanol–water partition coefficient (Wildman–Crippen LogP) is -0.931. The molecule has 10 nitrogen and oxygen atoms in total. The van der Waals surface area contributed by atoms with Crippen LogP contribution in [0.15, 0.2) is 0 Å². The molecule has 12 heteroatoms. The smallest absolute Gasteiger partial charge is 0.309 e. The molecule has 3 fully saturated rings. The molecular formula is C11H18N4O6S2. The van der Waals surface area contributed by atoms with Crippen LogP contribution >= 0.6 is 11.8 Å². The molecule has 0 radical (unpaired) electrons. The van der Waals surface area contributed by atoms with Crippen LogP contribution < -0.4 is 5.43 Å². The second-order valence-electron chi connectivity index (χ2n) is 5.59. The molecule has 23 heavy (non-hydrogen) atoms. The van der Waals surface area contributed by atoms with Gasteiger partial charge >= 0.3 is 16.4 Å². The Bertz CT molecular complexity index is 593. The first-order chi connectivity index (χ1) is 10.8. The van der Waals surface area contributed by atoms with Crippen molar-refractivity contribution in [2.24, 2.45) is 0 Å². The highest BCUT2D eigenvalue weighted by Gasteiger charge is 2.49. The number of carbonyl (C=O) groups excluding carboxylic acids is 2. The number of rotatable bonds is 4. The van der Waals surface area contributed by atoms with Gasteiger partial charge in [-0.15, -0.1) is 4.28 Å². The Hall–Kier alpha value is -1.08. The Morgan fingerprint density at radius 1 is 1.30 bits per heavy atom. The van der Waals surface area contributed by atoms with Crippen LogP contribution in [0, 0.1) is 0 Å². The molecule has 0 saturated carbocycles. The third-order valence-electron chi connectivity index (χ3n) is 4.08. The van der Waals surface area contributed by atoms with Gasteiger partial charge in [-0.05, 0) is 12.8 Å². The monoisotopic (exact) mass is 366 g/mol. The number of nitrogens with one attached hydrogen (secondary N) is 1. The van der Waals surface area contributed by atoms with Crippen molar-refractivity contribution in [1.82, 2.24) is 20.4 Å². The van der Waals surface area contributed by atoms with E-state index in [1.54, 1.807) is 0 Å². The molecule has 2 bridgehead atoms. The first-order valence-electron chi connectivity index (χ1n) is 7.25. The van der Waals surface area contributed by atoms with Crippen molar-refractivity contribution in [3.63, 3.8) is 0 Å². The van der Waals surface area contributed by atoms with Crippen LogP contribution in [0.2, 0.25) is 0 Å². The van der Waals surface area contributed by atoms with Gasteiger partial charge in [-0.3, -0.25) is 14.8 Å². The molecular weight excluding hydrogens is 348 g/mol. The van der Waals surface area contributed by atoms with Crippen LogP contribution in [-0.4, -0.2) is 83.1 Å². The van der Waals surface area contributed by atoms with Crippen LogP contribution in [-0.2, 0) is 19.5 Å². The molecule has 2 N–H and O–H groups in total. The summed E-state index contributed by atoms with van der Waals surface area (Å²) >= 11 is 1.82. The number of hydrogen-bond acceptors (Lipinski definition) is 7. The third kappa shape index (κ3) is 3.71. The predicted molar refractivity (Wildman–Crippen MR) is 80.4 cm³/mol. The summed E-state index contributed by atoms with van der Waals surface area (Å²) < 4.78 is 34.7. The number of piperidine rings is 1. The average Bonchev–Trinajstić information content (AvgIpc) is 2.72. The van der Waals surface area contributed by atoms with E-state index in [9.17, 15) is 18.0 Å². The maximum absolute atomic E-state index is 12.4. The van der Waals surface area contributed by atoms with Gasteiger partial charge in [0.1, 0.15) is 6.04 Å². The summed E-state index contributed by atoms with van der Waals surface area (Å²) in [5.41, 5.74) is 2.82. The summed E-state index contributed by atoms with van der Waals surface area (Å²) in [6.45, 7) is 1.69. The van der Waals surface area contributed by atoms with Crippen molar-refractivity contribution in [2.45, 2.75) is 24.9 Å². The highest BCUT2D eigenvalue weighted by Crippen LogP contribution is 2.30. The quantitative estimate of drug-likeness (QED) is 0.613. The van der Waals surface area contributed by atoms with Gasteiger partial charge < -0.3 is 4.90 Å². The fourth-order valence-electron chi connectivity index (χ4n) is 3.01. The SMILES string of the molecule is O=C(NN1CCSCC1)[C@H]1CC[C@H]2CN1C(=O)N2OS(=O)(=O)O. The highest BCUT2D eigenvalue weighted by molar-refractivity contribution is 7.99. The lowest BCUT2D eigenvalue weighted by Gasteiger charge is -2.33. The standard InChI is InChI=1S/C11H18N4O6S2/c16-10(12-13-3-5-22-6-4-13)9-2-1-8-7-14(9)11(17)15(8)21-23(18,19)20/h8-9H,1-7H2,(H,12,16)(H,18,19,20)/t8-,9+/m0/s1. The number of carbonyl (C=O) groups is 2. The van der Waals surface area contributed by atoms with Crippen LogP contribution in [0.4, 0.5) is 4.79 Å². The van der Waals surface area contributed by atoms with E-state index >= 15 is 0 Å². The Morgan fingerprint density at radius 2 is 2.00 bits per heavy atom. The first kappa shape index (κ1) is 16.8. The molecule has 3 aliphatic rings. The fourth-order valence-corrected chi connectivity index (χ4v) is 4.30. The van der Waals surface area contributed by atoms with E-state index in [2.05, 4.69) is 9.71 Å². The molecule has 3 aliphatic heterocycles. The molecule has 0 aromatic carbocycles. The molecule has 0 spiro atoms. The van der Waals surface area contributed by atoms with Gasteiger partial charge in [0.05, 0.1) is 6.04 Å². The van der Waals surface area contributed by atoms with Crippen molar-refractivity contribution in [2.75, 3.05) is 31.1 Å². The summed E-state index contributed by atoms with van der Waals surface area (Å²) in [6.07, 6.45) is 0.835. The number of fused-ring (bicyclic) bond motifs is 2. The summed E-state index contributed by atoms with van der Waals surface area (Å²) in [5.74, 6) is 1.59. The second kappa shape index (κ2) is 6.43. The minimum Gasteiger partial charge on any atom is -0.309 e. The molecule has 0 aromatic rings. The van der Waals surface area contributed by atoms with Gasteiger partial charge in [-0.2, -0.15) is 25.2 Å². The zero-order valence-electron chi connectivity index (χ0n) is 12.3. The summed E-state index contributed by atoms with van der Waals surface area (Å²) in [5, 5.41) is 2.47. The van der Waals surface area contributed by atoms with E-state index < -0.39 is 28.5 Å². The van der Waals surface area contributed by atoms with Gasteiger partial charge in [-0.25, -0.2) is 9.80 Å². The van der Waals surface area contributed by atoms with Crippen LogP contribution in [0.25, 0.3) is 0 Å². The first-order valence-corrected chi connectivity index (χ1v) is 9.77. The Balaban J connectivity index is 1.64. The topological polar surface area (TPSA) is 119 Å². The lowest BCUT2D eigenvalue weighted by Crippen LogP contribution is -2.55. The lowest BCUT2D eigenvalue weighted by molar-refractivity contribution is -0.130. The number of urea groups is 1. The summed E-state index contributed by atoms with van der Waals surface area (Å²) in [4.78, 5) is 25.9. The van der Waals surface area contributed by atoms with Crippen molar-refractivity contribution in [1.29, 1.82) is 0 Å². The van der Waals surface area contributed by atoms with E-state index in [1.807, 2.05) is 16.8 Å². The van der Waals surface area contributed by atoms with Gasteiger partial charge in [-0.1, -0.05) is 0 Å².